The van der Waals surface area contributed by atoms with E-state index in [4.69, 9.17) is 0 Å². The standard InChI is InChI=1S/C15H25N3O/c19-15(16-8-14-18-11-4-5-12-18)7-6-13-17-9-2-1-3-10-17/h4-5,11-12H,1-3,6-10,13-14H2,(H,16,19). The zero-order valence-corrected chi connectivity index (χ0v) is 11.7. The summed E-state index contributed by atoms with van der Waals surface area (Å²) in [5.41, 5.74) is 0. The molecule has 1 aliphatic rings. The second-order valence-electron chi connectivity index (χ2n) is 5.28. The molecule has 0 saturated carbocycles. The molecule has 1 aromatic rings. The number of amides is 1. The van der Waals surface area contributed by atoms with E-state index in [0.29, 0.717) is 6.42 Å². The van der Waals surface area contributed by atoms with Crippen molar-refractivity contribution in [3.05, 3.63) is 24.5 Å². The van der Waals surface area contributed by atoms with Gasteiger partial charge in [0.1, 0.15) is 0 Å². The minimum atomic E-state index is 0.184. The van der Waals surface area contributed by atoms with Crippen LogP contribution in [0, 0.1) is 0 Å². The third-order valence-electron chi connectivity index (χ3n) is 3.69. The molecule has 2 heterocycles. The SMILES string of the molecule is O=C(CCCN1CCCCC1)NCCn1cccc1. The van der Waals surface area contributed by atoms with Crippen LogP contribution in [-0.4, -0.2) is 41.6 Å². The Kier molecular flexibility index (Phi) is 5.95. The lowest BCUT2D eigenvalue weighted by molar-refractivity contribution is -0.121. The van der Waals surface area contributed by atoms with Gasteiger partial charge in [-0.05, 0) is 51.0 Å². The number of nitrogens with one attached hydrogen (secondary N) is 1. The predicted octanol–water partition coefficient (Wildman–Crippen LogP) is 1.87. The Morgan fingerprint density at radius 2 is 1.79 bits per heavy atom. The summed E-state index contributed by atoms with van der Waals surface area (Å²) in [6.45, 7) is 5.08. The van der Waals surface area contributed by atoms with Gasteiger partial charge in [0, 0.05) is 31.9 Å². The van der Waals surface area contributed by atoms with Crippen LogP contribution < -0.4 is 5.32 Å². The molecule has 0 bridgehead atoms. The fraction of sp³-hybridized carbons (Fsp3) is 0.667. The van der Waals surface area contributed by atoms with Crippen molar-refractivity contribution in [3.63, 3.8) is 0 Å². The molecule has 0 radical (unpaired) electrons. The van der Waals surface area contributed by atoms with E-state index < -0.39 is 0 Å². The second kappa shape index (κ2) is 8.00. The Balaban J connectivity index is 1.49. The molecule has 0 atom stereocenters. The topological polar surface area (TPSA) is 37.3 Å². The molecule has 1 aliphatic heterocycles. The molecular weight excluding hydrogens is 238 g/mol. The summed E-state index contributed by atoms with van der Waals surface area (Å²) in [6, 6.07) is 4.00. The van der Waals surface area contributed by atoms with E-state index in [9.17, 15) is 4.79 Å². The number of carbonyl (C=O) groups is 1. The van der Waals surface area contributed by atoms with Crippen molar-refractivity contribution in [2.45, 2.75) is 38.6 Å². The minimum absolute atomic E-state index is 0.184. The van der Waals surface area contributed by atoms with Gasteiger partial charge in [0.25, 0.3) is 0 Å². The van der Waals surface area contributed by atoms with Crippen molar-refractivity contribution in [1.29, 1.82) is 0 Å². The van der Waals surface area contributed by atoms with Crippen molar-refractivity contribution < 1.29 is 4.79 Å². The van der Waals surface area contributed by atoms with Crippen LogP contribution in [0.4, 0.5) is 0 Å². The van der Waals surface area contributed by atoms with E-state index >= 15 is 0 Å². The van der Waals surface area contributed by atoms with Gasteiger partial charge in [-0.2, -0.15) is 0 Å². The maximum Gasteiger partial charge on any atom is 0.220 e. The first-order valence-electron chi connectivity index (χ1n) is 7.44. The molecule has 0 spiro atoms. The molecule has 1 aromatic heterocycles. The quantitative estimate of drug-likeness (QED) is 0.815. The van der Waals surface area contributed by atoms with Crippen LogP contribution in [0.15, 0.2) is 24.5 Å². The van der Waals surface area contributed by atoms with Crippen LogP contribution in [-0.2, 0) is 11.3 Å². The third-order valence-corrected chi connectivity index (χ3v) is 3.69. The Bertz CT molecular complexity index is 355. The van der Waals surface area contributed by atoms with Crippen molar-refractivity contribution >= 4 is 5.91 Å². The van der Waals surface area contributed by atoms with Crippen LogP contribution in [0.25, 0.3) is 0 Å². The smallest absolute Gasteiger partial charge is 0.220 e. The van der Waals surface area contributed by atoms with Crippen LogP contribution in [0.1, 0.15) is 32.1 Å². The average Bonchev–Trinajstić information content (AvgIpc) is 2.93. The molecule has 0 aliphatic carbocycles. The highest BCUT2D eigenvalue weighted by Crippen LogP contribution is 2.09. The summed E-state index contributed by atoms with van der Waals surface area (Å²) in [4.78, 5) is 14.2. The summed E-state index contributed by atoms with van der Waals surface area (Å²) >= 11 is 0. The van der Waals surface area contributed by atoms with Gasteiger partial charge in [-0.15, -0.1) is 0 Å². The number of aromatic nitrogens is 1. The monoisotopic (exact) mass is 263 g/mol. The predicted molar refractivity (Wildman–Crippen MR) is 77.0 cm³/mol. The summed E-state index contributed by atoms with van der Waals surface area (Å²) in [5.74, 6) is 0.184. The second-order valence-corrected chi connectivity index (χ2v) is 5.28. The van der Waals surface area contributed by atoms with E-state index in [1.807, 2.05) is 24.5 Å². The Hall–Kier alpha value is -1.29. The highest BCUT2D eigenvalue weighted by molar-refractivity contribution is 5.75. The fourth-order valence-corrected chi connectivity index (χ4v) is 2.58. The van der Waals surface area contributed by atoms with Crippen molar-refractivity contribution in [2.75, 3.05) is 26.2 Å². The highest BCUT2D eigenvalue weighted by atomic mass is 16.1. The Labute approximate surface area is 115 Å². The van der Waals surface area contributed by atoms with Gasteiger partial charge in [0.05, 0.1) is 0 Å². The first-order chi connectivity index (χ1) is 9.34. The first-order valence-corrected chi connectivity index (χ1v) is 7.44. The number of carbonyl (C=O) groups excluding carboxylic acids is 1. The molecule has 1 N–H and O–H groups in total. The molecule has 1 fully saturated rings. The largest absolute Gasteiger partial charge is 0.354 e. The fourth-order valence-electron chi connectivity index (χ4n) is 2.58. The van der Waals surface area contributed by atoms with Gasteiger partial charge in [0.2, 0.25) is 5.91 Å². The van der Waals surface area contributed by atoms with E-state index in [1.165, 1.54) is 32.4 Å². The number of likely N-dealkylation sites (tertiary alicyclic amines) is 1. The number of nitrogens with zero attached hydrogens (tertiary/aromatic N) is 2. The molecular formula is C15H25N3O. The Morgan fingerprint density at radius 1 is 1.05 bits per heavy atom. The van der Waals surface area contributed by atoms with E-state index in [2.05, 4.69) is 14.8 Å². The maximum atomic E-state index is 11.7. The lowest BCUT2D eigenvalue weighted by Gasteiger charge is -2.26. The number of hydrogen-bond acceptors (Lipinski definition) is 2. The van der Waals surface area contributed by atoms with Gasteiger partial charge < -0.3 is 14.8 Å². The zero-order valence-electron chi connectivity index (χ0n) is 11.7. The summed E-state index contributed by atoms with van der Waals surface area (Å²) in [7, 11) is 0. The molecule has 19 heavy (non-hydrogen) atoms. The van der Waals surface area contributed by atoms with Gasteiger partial charge >= 0.3 is 0 Å². The number of piperidine rings is 1. The molecule has 106 valence electrons. The van der Waals surface area contributed by atoms with E-state index in [0.717, 1.165) is 26.1 Å². The molecule has 2 rings (SSSR count). The van der Waals surface area contributed by atoms with Gasteiger partial charge in [-0.3, -0.25) is 4.79 Å². The van der Waals surface area contributed by atoms with Crippen LogP contribution >= 0.6 is 0 Å². The molecule has 4 heteroatoms. The zero-order chi connectivity index (χ0) is 13.3. The first kappa shape index (κ1) is 14.1. The van der Waals surface area contributed by atoms with Crippen molar-refractivity contribution in [3.8, 4) is 0 Å². The minimum Gasteiger partial charge on any atom is -0.354 e. The highest BCUT2D eigenvalue weighted by Gasteiger charge is 2.10. The normalized spacial score (nSPS) is 16.4. The van der Waals surface area contributed by atoms with Gasteiger partial charge in [0.15, 0.2) is 0 Å². The third kappa shape index (κ3) is 5.47. The lowest BCUT2D eigenvalue weighted by Crippen LogP contribution is -2.32. The van der Waals surface area contributed by atoms with Crippen molar-refractivity contribution in [2.24, 2.45) is 0 Å². The van der Waals surface area contributed by atoms with Crippen molar-refractivity contribution in [1.82, 2.24) is 14.8 Å². The summed E-state index contributed by atoms with van der Waals surface area (Å²) in [5, 5.41) is 2.98. The average molecular weight is 263 g/mol. The number of rotatable bonds is 7. The summed E-state index contributed by atoms with van der Waals surface area (Å²) < 4.78 is 2.08. The van der Waals surface area contributed by atoms with E-state index in [-0.39, 0.29) is 5.91 Å². The summed E-state index contributed by atoms with van der Waals surface area (Å²) in [6.07, 6.45) is 9.69. The van der Waals surface area contributed by atoms with Gasteiger partial charge in [-0.25, -0.2) is 0 Å². The molecule has 4 nitrogen and oxygen atoms in total. The van der Waals surface area contributed by atoms with Crippen LogP contribution in [0.3, 0.4) is 0 Å². The molecule has 0 unspecified atom stereocenters. The van der Waals surface area contributed by atoms with Gasteiger partial charge in [-0.1, -0.05) is 6.42 Å². The maximum absolute atomic E-state index is 11.7. The molecule has 1 amide bonds. The van der Waals surface area contributed by atoms with E-state index in [1.54, 1.807) is 0 Å². The van der Waals surface area contributed by atoms with Crippen LogP contribution in [0.5, 0.6) is 0 Å². The lowest BCUT2D eigenvalue weighted by atomic mass is 10.1. The number of hydrogen-bond donors (Lipinski definition) is 1. The molecule has 1 saturated heterocycles. The van der Waals surface area contributed by atoms with Crippen LogP contribution in [0.2, 0.25) is 0 Å². The Morgan fingerprint density at radius 3 is 2.53 bits per heavy atom. The molecule has 0 aromatic carbocycles.